The minimum atomic E-state index is 0.595. The lowest BCUT2D eigenvalue weighted by Gasteiger charge is -2.08. The first-order valence-corrected chi connectivity index (χ1v) is 9.03. The Morgan fingerprint density at radius 3 is 2.40 bits per heavy atom. The van der Waals surface area contributed by atoms with E-state index < -0.39 is 0 Å². The molecular formula is C18H20N4O2S. The molecule has 130 valence electrons. The van der Waals surface area contributed by atoms with Gasteiger partial charge in [0.2, 0.25) is 0 Å². The van der Waals surface area contributed by atoms with Crippen molar-refractivity contribution in [2.24, 2.45) is 0 Å². The quantitative estimate of drug-likeness (QED) is 0.454. The summed E-state index contributed by atoms with van der Waals surface area (Å²) in [5, 5.41) is 9.53. The van der Waals surface area contributed by atoms with E-state index in [2.05, 4.69) is 26.7 Å². The van der Waals surface area contributed by atoms with Crippen LogP contribution in [-0.4, -0.2) is 39.2 Å². The van der Waals surface area contributed by atoms with Crippen molar-refractivity contribution >= 4 is 11.8 Å². The summed E-state index contributed by atoms with van der Waals surface area (Å²) in [6, 6.07) is 11.5. The van der Waals surface area contributed by atoms with Crippen molar-refractivity contribution in [3.8, 4) is 22.9 Å². The largest absolute Gasteiger partial charge is 0.497 e. The second-order valence-corrected chi connectivity index (χ2v) is 6.22. The van der Waals surface area contributed by atoms with E-state index in [0.717, 1.165) is 40.3 Å². The molecule has 0 aliphatic carbocycles. The van der Waals surface area contributed by atoms with E-state index in [1.54, 1.807) is 31.3 Å². The molecule has 1 aromatic carbocycles. The lowest BCUT2D eigenvalue weighted by atomic mass is 10.2. The highest BCUT2D eigenvalue weighted by molar-refractivity contribution is 7.99. The fourth-order valence-electron chi connectivity index (χ4n) is 2.36. The number of benzene rings is 1. The maximum atomic E-state index is 5.75. The van der Waals surface area contributed by atoms with Crippen LogP contribution < -0.4 is 9.47 Å². The zero-order valence-electron chi connectivity index (χ0n) is 14.3. The Labute approximate surface area is 151 Å². The van der Waals surface area contributed by atoms with E-state index in [9.17, 15) is 0 Å². The van der Waals surface area contributed by atoms with Crippen LogP contribution in [0, 0.1) is 0 Å². The van der Waals surface area contributed by atoms with Gasteiger partial charge in [-0.3, -0.25) is 4.98 Å². The number of nitrogens with zero attached hydrogens (tertiary/aromatic N) is 4. The topological polar surface area (TPSA) is 62.1 Å². The molecule has 0 aliphatic rings. The van der Waals surface area contributed by atoms with E-state index in [1.807, 2.05) is 36.4 Å². The summed E-state index contributed by atoms with van der Waals surface area (Å²) < 4.78 is 13.0. The fraction of sp³-hybridized carbons (Fsp3) is 0.278. The average molecular weight is 356 g/mol. The number of aromatic nitrogens is 4. The number of rotatable bonds is 8. The molecule has 0 fully saturated rings. The molecule has 0 N–H and O–H groups in total. The van der Waals surface area contributed by atoms with E-state index in [1.165, 1.54) is 0 Å². The summed E-state index contributed by atoms with van der Waals surface area (Å²) in [4.78, 5) is 4.05. The van der Waals surface area contributed by atoms with Crippen LogP contribution in [0.3, 0.4) is 0 Å². The standard InChI is InChI=1S/C18H20N4O2S/c1-3-22-17(14-8-10-19-11-9-14)20-21-18(22)25-13-12-24-16-6-4-15(23-2)5-7-16/h4-11H,3,12-13H2,1-2H3. The van der Waals surface area contributed by atoms with Gasteiger partial charge in [-0.1, -0.05) is 11.8 Å². The molecule has 2 heterocycles. The molecule has 25 heavy (non-hydrogen) atoms. The monoisotopic (exact) mass is 356 g/mol. The molecule has 7 heteroatoms. The smallest absolute Gasteiger partial charge is 0.191 e. The molecule has 0 saturated carbocycles. The zero-order valence-corrected chi connectivity index (χ0v) is 15.1. The van der Waals surface area contributed by atoms with Gasteiger partial charge in [0.15, 0.2) is 11.0 Å². The summed E-state index contributed by atoms with van der Waals surface area (Å²) in [7, 11) is 1.65. The number of hydrogen-bond acceptors (Lipinski definition) is 6. The number of methoxy groups -OCH3 is 1. The second-order valence-electron chi connectivity index (χ2n) is 5.16. The molecule has 6 nitrogen and oxygen atoms in total. The first kappa shape index (κ1) is 17.3. The number of ether oxygens (including phenoxy) is 2. The lowest BCUT2D eigenvalue weighted by Crippen LogP contribution is -2.03. The Balaban J connectivity index is 1.57. The Hall–Kier alpha value is -2.54. The Morgan fingerprint density at radius 1 is 1.00 bits per heavy atom. The van der Waals surface area contributed by atoms with Crippen LogP contribution >= 0.6 is 11.8 Å². The maximum absolute atomic E-state index is 5.75. The van der Waals surface area contributed by atoms with Gasteiger partial charge in [-0.2, -0.15) is 0 Å². The predicted molar refractivity (Wildman–Crippen MR) is 98.1 cm³/mol. The van der Waals surface area contributed by atoms with Gasteiger partial charge in [-0.05, 0) is 43.3 Å². The highest BCUT2D eigenvalue weighted by Crippen LogP contribution is 2.24. The summed E-state index contributed by atoms with van der Waals surface area (Å²) >= 11 is 1.64. The summed E-state index contributed by atoms with van der Waals surface area (Å²) in [5.74, 6) is 3.31. The normalized spacial score (nSPS) is 10.6. The van der Waals surface area contributed by atoms with Crippen molar-refractivity contribution in [2.45, 2.75) is 18.6 Å². The van der Waals surface area contributed by atoms with Crippen LogP contribution in [0.15, 0.2) is 53.9 Å². The average Bonchev–Trinajstić information content (AvgIpc) is 3.09. The maximum Gasteiger partial charge on any atom is 0.191 e. The van der Waals surface area contributed by atoms with Gasteiger partial charge in [0.25, 0.3) is 0 Å². The van der Waals surface area contributed by atoms with Crippen LogP contribution in [0.25, 0.3) is 11.4 Å². The summed E-state index contributed by atoms with van der Waals surface area (Å²) in [6.07, 6.45) is 3.53. The molecular weight excluding hydrogens is 336 g/mol. The van der Waals surface area contributed by atoms with Crippen molar-refractivity contribution in [1.29, 1.82) is 0 Å². The molecule has 0 atom stereocenters. The van der Waals surface area contributed by atoms with Crippen molar-refractivity contribution in [3.63, 3.8) is 0 Å². The molecule has 0 unspecified atom stereocenters. The zero-order chi connectivity index (χ0) is 17.5. The minimum absolute atomic E-state index is 0.595. The Kier molecular flexibility index (Phi) is 5.90. The number of pyridine rings is 1. The molecule has 0 spiro atoms. The van der Waals surface area contributed by atoms with Crippen LogP contribution in [0.4, 0.5) is 0 Å². The minimum Gasteiger partial charge on any atom is -0.497 e. The first-order valence-electron chi connectivity index (χ1n) is 8.05. The van der Waals surface area contributed by atoms with Gasteiger partial charge >= 0.3 is 0 Å². The van der Waals surface area contributed by atoms with E-state index in [4.69, 9.17) is 9.47 Å². The molecule has 3 aromatic rings. The van der Waals surface area contributed by atoms with Crippen molar-refractivity contribution < 1.29 is 9.47 Å². The third kappa shape index (κ3) is 4.30. The summed E-state index contributed by atoms with van der Waals surface area (Å²) in [5.41, 5.74) is 1.02. The third-order valence-corrected chi connectivity index (χ3v) is 4.55. The number of thioether (sulfide) groups is 1. The van der Waals surface area contributed by atoms with Gasteiger partial charge in [0, 0.05) is 30.3 Å². The highest BCUT2D eigenvalue weighted by Gasteiger charge is 2.12. The highest BCUT2D eigenvalue weighted by atomic mass is 32.2. The Bertz CT molecular complexity index is 791. The second kappa shape index (κ2) is 8.53. The third-order valence-electron chi connectivity index (χ3n) is 3.61. The van der Waals surface area contributed by atoms with Crippen molar-refractivity contribution in [1.82, 2.24) is 19.7 Å². The molecule has 0 radical (unpaired) electrons. The van der Waals surface area contributed by atoms with E-state index in [-0.39, 0.29) is 0 Å². The van der Waals surface area contributed by atoms with Gasteiger partial charge in [-0.25, -0.2) is 0 Å². The SMILES string of the molecule is CCn1c(SCCOc2ccc(OC)cc2)nnc1-c1ccncc1. The molecule has 3 rings (SSSR count). The van der Waals surface area contributed by atoms with E-state index >= 15 is 0 Å². The molecule has 2 aromatic heterocycles. The van der Waals surface area contributed by atoms with Crippen LogP contribution in [-0.2, 0) is 6.54 Å². The van der Waals surface area contributed by atoms with Gasteiger partial charge < -0.3 is 14.0 Å². The molecule has 0 bridgehead atoms. The lowest BCUT2D eigenvalue weighted by molar-refractivity contribution is 0.342. The summed E-state index contributed by atoms with van der Waals surface area (Å²) in [6.45, 7) is 3.50. The van der Waals surface area contributed by atoms with Gasteiger partial charge in [0.1, 0.15) is 11.5 Å². The first-order chi connectivity index (χ1) is 12.3. The van der Waals surface area contributed by atoms with Gasteiger partial charge in [-0.15, -0.1) is 10.2 Å². The molecule has 0 aliphatic heterocycles. The van der Waals surface area contributed by atoms with Crippen molar-refractivity contribution in [3.05, 3.63) is 48.8 Å². The fourth-order valence-corrected chi connectivity index (χ4v) is 3.18. The van der Waals surface area contributed by atoms with E-state index in [0.29, 0.717) is 6.61 Å². The van der Waals surface area contributed by atoms with Crippen LogP contribution in [0.5, 0.6) is 11.5 Å². The Morgan fingerprint density at radius 2 is 1.72 bits per heavy atom. The predicted octanol–water partition coefficient (Wildman–Crippen LogP) is 3.54. The van der Waals surface area contributed by atoms with Gasteiger partial charge in [0.05, 0.1) is 13.7 Å². The molecule has 0 saturated heterocycles. The van der Waals surface area contributed by atoms with Crippen molar-refractivity contribution in [2.75, 3.05) is 19.5 Å². The van der Waals surface area contributed by atoms with Crippen LogP contribution in [0.1, 0.15) is 6.92 Å². The molecule has 0 amide bonds. The number of hydrogen-bond donors (Lipinski definition) is 0. The van der Waals surface area contributed by atoms with Crippen LogP contribution in [0.2, 0.25) is 0 Å².